The van der Waals surface area contributed by atoms with Crippen LogP contribution in [-0.2, 0) is 12.5 Å². The van der Waals surface area contributed by atoms with E-state index in [-0.39, 0.29) is 6.71 Å². The first-order chi connectivity index (χ1) is 33.0. The van der Waals surface area contributed by atoms with Crippen LogP contribution in [0.2, 0.25) is 0 Å². The molecule has 2 aromatic heterocycles. The van der Waals surface area contributed by atoms with Crippen LogP contribution in [-0.4, -0.2) is 15.8 Å². The Morgan fingerprint density at radius 1 is 0.507 bits per heavy atom. The summed E-state index contributed by atoms with van der Waals surface area (Å²) in [7, 11) is 2.26. The second-order valence-electron chi connectivity index (χ2n) is 18.9. The summed E-state index contributed by atoms with van der Waals surface area (Å²) in [6.07, 6.45) is 0. The molecule has 15 rings (SSSR count). The van der Waals surface area contributed by atoms with E-state index < -0.39 is 5.41 Å². The number of aromatic nitrogens is 2. The third-order valence-corrected chi connectivity index (χ3v) is 15.6. The standard InChI is InChI=1S/C61H40BN5/c1-36-28-30-48-53(32-36)66(55-34-37(2)33-54-57(55)62(48)60-59(65(54)39-16-6-5-7-17-39)43-20-10-12-25-49(43)64(60)4)52-27-15-23-45-56(52)42-19-8-11-22-44(42)61(45)46-24-14-21-41-40-18-9-13-26-50(40)67(58(41)46)51-31-29-38(63-3)35-47(51)61/h5-35H,1-2,4H3. The molecule has 0 saturated heterocycles. The van der Waals surface area contributed by atoms with Gasteiger partial charge in [-0.1, -0.05) is 127 Å². The fraction of sp³-hybridized carbons (Fsp3) is 0.0656. The van der Waals surface area contributed by atoms with E-state index in [1.165, 1.54) is 111 Å². The number of rotatable bonds is 2. The maximum Gasteiger partial charge on any atom is 0.272 e. The molecule has 1 aliphatic carbocycles. The predicted octanol–water partition coefficient (Wildman–Crippen LogP) is 13.2. The van der Waals surface area contributed by atoms with Crippen molar-refractivity contribution in [2.75, 3.05) is 9.80 Å². The molecule has 6 heteroatoms. The Kier molecular flexibility index (Phi) is 7.05. The minimum atomic E-state index is -0.705. The van der Waals surface area contributed by atoms with E-state index in [9.17, 15) is 0 Å². The normalized spacial score (nSPS) is 15.6. The molecular formula is C61H40BN5. The van der Waals surface area contributed by atoms with Crippen LogP contribution in [0.25, 0.3) is 54.4 Å². The number of aryl methyl sites for hydroxylation is 3. The molecular weight excluding hydrogens is 814 g/mol. The zero-order chi connectivity index (χ0) is 44.4. The Hall–Kier alpha value is -8.53. The van der Waals surface area contributed by atoms with Crippen LogP contribution in [0.3, 0.4) is 0 Å². The number of nitrogens with zero attached hydrogens (tertiary/aromatic N) is 5. The maximum atomic E-state index is 8.33. The Morgan fingerprint density at radius 2 is 1.19 bits per heavy atom. The van der Waals surface area contributed by atoms with Crippen molar-refractivity contribution < 1.29 is 0 Å². The van der Waals surface area contributed by atoms with Crippen LogP contribution < -0.4 is 26.3 Å². The number of hydrogen-bond donors (Lipinski definition) is 0. The Balaban J connectivity index is 1.08. The zero-order valence-corrected chi connectivity index (χ0v) is 37.2. The summed E-state index contributed by atoms with van der Waals surface area (Å²) in [6.45, 7) is 12.8. The van der Waals surface area contributed by atoms with Crippen LogP contribution >= 0.6 is 0 Å². The van der Waals surface area contributed by atoms with Gasteiger partial charge in [-0.3, -0.25) is 0 Å². The Bertz CT molecular complexity index is 4080. The van der Waals surface area contributed by atoms with Crippen molar-refractivity contribution in [3.63, 3.8) is 0 Å². The number of para-hydroxylation sites is 4. The van der Waals surface area contributed by atoms with Crippen molar-refractivity contribution in [3.05, 3.63) is 233 Å². The number of benzene rings is 9. The summed E-state index contributed by atoms with van der Waals surface area (Å²) in [6, 6.07) is 69.9. The molecule has 3 aliphatic heterocycles. The predicted molar refractivity (Wildman–Crippen MR) is 278 cm³/mol. The smallest absolute Gasteiger partial charge is 0.272 e. The summed E-state index contributed by atoms with van der Waals surface area (Å²) in [5.74, 6) is 0. The van der Waals surface area contributed by atoms with Crippen molar-refractivity contribution in [1.82, 2.24) is 9.13 Å². The first-order valence-corrected chi connectivity index (χ1v) is 23.2. The van der Waals surface area contributed by atoms with E-state index in [1.54, 1.807) is 0 Å². The van der Waals surface area contributed by atoms with Gasteiger partial charge in [-0.25, -0.2) is 4.85 Å². The second kappa shape index (κ2) is 12.8. The maximum absolute atomic E-state index is 8.33. The Labute approximate surface area is 388 Å². The summed E-state index contributed by atoms with van der Waals surface area (Å²) >= 11 is 0. The molecule has 0 N–H and O–H groups in total. The quantitative estimate of drug-likeness (QED) is 0.128. The van der Waals surface area contributed by atoms with Gasteiger partial charge in [0.15, 0.2) is 5.69 Å². The molecule has 0 amide bonds. The average Bonchev–Trinajstić information content (AvgIpc) is 3.97. The van der Waals surface area contributed by atoms with Gasteiger partial charge in [0.25, 0.3) is 6.71 Å². The lowest BCUT2D eigenvalue weighted by Crippen LogP contribution is -2.62. The average molecular weight is 854 g/mol. The molecule has 67 heavy (non-hydrogen) atoms. The molecule has 0 radical (unpaired) electrons. The van der Waals surface area contributed by atoms with Gasteiger partial charge in [0.05, 0.1) is 34.4 Å². The molecule has 0 bridgehead atoms. The van der Waals surface area contributed by atoms with E-state index in [4.69, 9.17) is 6.57 Å². The highest BCUT2D eigenvalue weighted by molar-refractivity contribution is 7.00. The molecule has 0 fully saturated rings. The fourth-order valence-electron chi connectivity index (χ4n) is 13.2. The Morgan fingerprint density at radius 3 is 2.04 bits per heavy atom. The van der Waals surface area contributed by atoms with Gasteiger partial charge in [-0.15, -0.1) is 0 Å². The highest BCUT2D eigenvalue weighted by atomic mass is 15.2. The molecule has 312 valence electrons. The van der Waals surface area contributed by atoms with Crippen LogP contribution in [0.1, 0.15) is 33.4 Å². The van der Waals surface area contributed by atoms with E-state index in [0.717, 1.165) is 22.6 Å². The number of anilines is 6. The lowest BCUT2D eigenvalue weighted by molar-refractivity contribution is 0.749. The summed E-state index contributed by atoms with van der Waals surface area (Å²) < 4.78 is 4.91. The molecule has 4 aliphatic rings. The molecule has 1 spiro atoms. The third kappa shape index (κ3) is 4.40. The monoisotopic (exact) mass is 853 g/mol. The molecule has 0 saturated carbocycles. The molecule has 5 heterocycles. The van der Waals surface area contributed by atoms with Crippen molar-refractivity contribution >= 4 is 95.8 Å². The molecule has 11 aromatic rings. The molecule has 1 unspecified atom stereocenters. The minimum Gasteiger partial charge on any atom is -0.353 e. The fourth-order valence-corrected chi connectivity index (χ4v) is 13.2. The molecule has 1 atom stereocenters. The van der Waals surface area contributed by atoms with Crippen molar-refractivity contribution in [3.8, 4) is 16.8 Å². The molecule has 9 aromatic carbocycles. The lowest BCUT2D eigenvalue weighted by atomic mass is 9.35. The van der Waals surface area contributed by atoms with Gasteiger partial charge in [-0.2, -0.15) is 0 Å². The van der Waals surface area contributed by atoms with Crippen molar-refractivity contribution in [2.24, 2.45) is 7.05 Å². The lowest BCUT2D eigenvalue weighted by Gasteiger charge is -2.44. The van der Waals surface area contributed by atoms with Gasteiger partial charge in [0, 0.05) is 68.3 Å². The summed E-state index contributed by atoms with van der Waals surface area (Å²) in [5.41, 5.74) is 25.4. The van der Waals surface area contributed by atoms with E-state index in [0.29, 0.717) is 5.69 Å². The first kappa shape index (κ1) is 36.8. The number of fused-ring (bicyclic) bond motifs is 18. The zero-order valence-electron chi connectivity index (χ0n) is 37.2. The van der Waals surface area contributed by atoms with Gasteiger partial charge < -0.3 is 18.9 Å². The topological polar surface area (TPSA) is 20.7 Å². The van der Waals surface area contributed by atoms with Crippen molar-refractivity contribution in [1.29, 1.82) is 0 Å². The van der Waals surface area contributed by atoms with Gasteiger partial charge in [0.1, 0.15) is 0 Å². The van der Waals surface area contributed by atoms with Gasteiger partial charge >= 0.3 is 0 Å². The van der Waals surface area contributed by atoms with Crippen molar-refractivity contribution in [2.45, 2.75) is 19.3 Å². The summed E-state index contributed by atoms with van der Waals surface area (Å²) in [4.78, 5) is 9.21. The largest absolute Gasteiger partial charge is 0.353 e. The minimum absolute atomic E-state index is 0.0167. The van der Waals surface area contributed by atoms with E-state index in [2.05, 4.69) is 227 Å². The number of hydrogen-bond acceptors (Lipinski definition) is 2. The van der Waals surface area contributed by atoms with Crippen LogP contribution in [0.5, 0.6) is 0 Å². The molecule has 5 nitrogen and oxygen atoms in total. The highest BCUT2D eigenvalue weighted by Gasteiger charge is 2.53. The van der Waals surface area contributed by atoms with E-state index in [1.807, 2.05) is 6.07 Å². The van der Waals surface area contributed by atoms with Gasteiger partial charge in [0.2, 0.25) is 0 Å². The highest BCUT2D eigenvalue weighted by Crippen LogP contribution is 2.64. The second-order valence-corrected chi connectivity index (χ2v) is 18.9. The van der Waals surface area contributed by atoms with Gasteiger partial charge in [-0.05, 0) is 124 Å². The third-order valence-electron chi connectivity index (χ3n) is 15.6. The van der Waals surface area contributed by atoms with Crippen LogP contribution in [0.15, 0.2) is 188 Å². The van der Waals surface area contributed by atoms with E-state index >= 15 is 0 Å². The summed E-state index contributed by atoms with van der Waals surface area (Å²) in [5, 5.41) is 3.72. The van der Waals surface area contributed by atoms with Crippen LogP contribution in [0.4, 0.5) is 39.8 Å². The SMILES string of the molecule is [C-]#[N+]c1ccc2c(c1)C1(c3ccccc3-c3c(N4c5cc(C)ccc5B5c6c4cc(C)cc6N(c4ccccc4)c4c5n(C)c5ccccc45)cccc31)c1cccc3c4ccccc4n-2c13. The van der Waals surface area contributed by atoms with Crippen LogP contribution in [0, 0.1) is 20.4 Å². The first-order valence-electron chi connectivity index (χ1n) is 23.2.